The van der Waals surface area contributed by atoms with Crippen LogP contribution in [0.25, 0.3) is 23.0 Å². The van der Waals surface area contributed by atoms with Crippen LogP contribution in [0.5, 0.6) is 0 Å². The average molecular weight is 322 g/mol. The number of nitrogens with two attached hydrogens (primary N) is 1. The molecule has 2 aromatic heterocycles. The van der Waals surface area contributed by atoms with E-state index < -0.39 is 10.8 Å². The Morgan fingerprint density at radius 3 is 2.83 bits per heavy atom. The van der Waals surface area contributed by atoms with E-state index in [-0.39, 0.29) is 5.69 Å². The van der Waals surface area contributed by atoms with E-state index in [0.29, 0.717) is 22.6 Å². The number of nitrogens with zero attached hydrogens (tertiary/aromatic N) is 3. The third kappa shape index (κ3) is 2.87. The average Bonchev–Trinajstić information content (AvgIpc) is 2.90. The van der Waals surface area contributed by atoms with Gasteiger partial charge in [0.05, 0.1) is 16.3 Å². The molecule has 0 aliphatic rings. The van der Waals surface area contributed by atoms with Crippen LogP contribution in [0.1, 0.15) is 11.3 Å². The van der Waals surface area contributed by atoms with Crippen molar-refractivity contribution in [3.8, 4) is 11.3 Å². The van der Waals surface area contributed by atoms with Gasteiger partial charge in [-0.3, -0.25) is 19.3 Å². The van der Waals surface area contributed by atoms with Crippen LogP contribution in [0.15, 0.2) is 48.7 Å². The number of imidazole rings is 1. The monoisotopic (exact) mass is 322 g/mol. The number of non-ortho nitro benzene ring substituents is 1. The topological polar surface area (TPSA) is 104 Å². The van der Waals surface area contributed by atoms with Gasteiger partial charge < -0.3 is 5.73 Å². The SMILES string of the molecule is Cc1ccc2nc(-c3cccc([N+](=O)[O-])c3)c(/C=C\C(N)=O)n2c1. The molecule has 0 aliphatic heterocycles. The van der Waals surface area contributed by atoms with Gasteiger partial charge in [0.25, 0.3) is 5.69 Å². The van der Waals surface area contributed by atoms with Gasteiger partial charge in [-0.25, -0.2) is 4.98 Å². The number of hydrogen-bond donors (Lipinski definition) is 1. The summed E-state index contributed by atoms with van der Waals surface area (Å²) in [5.74, 6) is -0.581. The summed E-state index contributed by atoms with van der Waals surface area (Å²) in [6, 6.07) is 9.98. The Morgan fingerprint density at radius 1 is 1.33 bits per heavy atom. The number of hydrogen-bond acceptors (Lipinski definition) is 4. The molecule has 0 saturated heterocycles. The Kier molecular flexibility index (Phi) is 3.83. The first kappa shape index (κ1) is 15.4. The van der Waals surface area contributed by atoms with Gasteiger partial charge in [-0.15, -0.1) is 0 Å². The lowest BCUT2D eigenvalue weighted by Crippen LogP contribution is -2.05. The van der Waals surface area contributed by atoms with E-state index in [1.54, 1.807) is 18.2 Å². The molecule has 0 spiro atoms. The van der Waals surface area contributed by atoms with E-state index in [1.165, 1.54) is 18.2 Å². The fourth-order valence-electron chi connectivity index (χ4n) is 2.47. The number of aryl methyl sites for hydroxylation is 1. The molecule has 3 rings (SSSR count). The third-order valence-corrected chi connectivity index (χ3v) is 3.54. The molecule has 120 valence electrons. The maximum absolute atomic E-state index is 11.1. The summed E-state index contributed by atoms with van der Waals surface area (Å²) in [7, 11) is 0. The maximum Gasteiger partial charge on any atom is 0.270 e. The molecule has 0 atom stereocenters. The number of amides is 1. The minimum atomic E-state index is -0.581. The van der Waals surface area contributed by atoms with Crippen LogP contribution in [0.4, 0.5) is 5.69 Å². The molecule has 7 nitrogen and oxygen atoms in total. The number of carbonyl (C=O) groups is 1. The molecular formula is C17H14N4O3. The van der Waals surface area contributed by atoms with Crippen LogP contribution in [-0.4, -0.2) is 20.2 Å². The zero-order valence-corrected chi connectivity index (χ0v) is 12.8. The first-order valence-corrected chi connectivity index (χ1v) is 7.17. The van der Waals surface area contributed by atoms with Crippen molar-refractivity contribution in [2.24, 2.45) is 5.73 Å². The zero-order valence-electron chi connectivity index (χ0n) is 12.8. The van der Waals surface area contributed by atoms with Crippen LogP contribution in [0.2, 0.25) is 0 Å². The second kappa shape index (κ2) is 5.96. The van der Waals surface area contributed by atoms with E-state index in [2.05, 4.69) is 4.98 Å². The minimum Gasteiger partial charge on any atom is -0.366 e. The molecular weight excluding hydrogens is 308 g/mol. The number of rotatable bonds is 4. The van der Waals surface area contributed by atoms with Crippen molar-refractivity contribution in [1.82, 2.24) is 9.38 Å². The molecule has 1 aromatic carbocycles. The standard InChI is InChI=1S/C17H14N4O3/c1-11-5-8-16-19-17(12-3-2-4-13(9-12)21(23)24)14(20(16)10-11)6-7-15(18)22/h2-10H,1H3,(H2,18,22)/b7-6-. The third-order valence-electron chi connectivity index (χ3n) is 3.54. The molecule has 0 aliphatic carbocycles. The lowest BCUT2D eigenvalue weighted by Gasteiger charge is -2.02. The Morgan fingerprint density at radius 2 is 2.12 bits per heavy atom. The summed E-state index contributed by atoms with van der Waals surface area (Å²) in [6.07, 6.45) is 4.69. The highest BCUT2D eigenvalue weighted by Gasteiger charge is 2.15. The van der Waals surface area contributed by atoms with Crippen molar-refractivity contribution in [2.45, 2.75) is 6.92 Å². The summed E-state index contributed by atoms with van der Waals surface area (Å²) in [6.45, 7) is 1.94. The Hall–Kier alpha value is -3.48. The lowest BCUT2D eigenvalue weighted by atomic mass is 10.1. The highest BCUT2D eigenvalue weighted by molar-refractivity contribution is 5.91. The fraction of sp³-hybridized carbons (Fsp3) is 0.0588. The first-order valence-electron chi connectivity index (χ1n) is 7.17. The quantitative estimate of drug-likeness (QED) is 0.453. The van der Waals surface area contributed by atoms with Gasteiger partial charge in [0.15, 0.2) is 0 Å². The summed E-state index contributed by atoms with van der Waals surface area (Å²) < 4.78 is 1.82. The first-order chi connectivity index (χ1) is 11.5. The van der Waals surface area contributed by atoms with E-state index in [9.17, 15) is 14.9 Å². The van der Waals surface area contributed by atoms with Crippen molar-refractivity contribution in [3.63, 3.8) is 0 Å². The number of fused-ring (bicyclic) bond motifs is 1. The number of nitro groups is 1. The second-order valence-electron chi connectivity index (χ2n) is 5.32. The minimum absolute atomic E-state index is 0.0226. The summed E-state index contributed by atoms with van der Waals surface area (Å²) in [4.78, 5) is 26.2. The highest BCUT2D eigenvalue weighted by atomic mass is 16.6. The van der Waals surface area contributed by atoms with Gasteiger partial charge in [-0.1, -0.05) is 18.2 Å². The molecule has 0 bridgehead atoms. The lowest BCUT2D eigenvalue weighted by molar-refractivity contribution is -0.384. The predicted octanol–water partition coefficient (Wildman–Crippen LogP) is 2.72. The number of benzene rings is 1. The maximum atomic E-state index is 11.1. The van der Waals surface area contributed by atoms with Crippen molar-refractivity contribution in [3.05, 3.63) is 70.0 Å². The molecule has 3 aromatic rings. The number of carbonyl (C=O) groups excluding carboxylic acids is 1. The van der Waals surface area contributed by atoms with E-state index >= 15 is 0 Å². The zero-order chi connectivity index (χ0) is 17.3. The number of nitro benzene ring substituents is 1. The predicted molar refractivity (Wildman–Crippen MR) is 90.2 cm³/mol. The van der Waals surface area contributed by atoms with Crippen molar-refractivity contribution in [2.75, 3.05) is 0 Å². The molecule has 7 heteroatoms. The van der Waals surface area contributed by atoms with Crippen LogP contribution in [-0.2, 0) is 4.79 Å². The second-order valence-corrected chi connectivity index (χ2v) is 5.32. The molecule has 0 radical (unpaired) electrons. The summed E-state index contributed by atoms with van der Waals surface area (Å²) in [5.41, 5.74) is 8.62. The van der Waals surface area contributed by atoms with E-state index in [4.69, 9.17) is 5.73 Å². The van der Waals surface area contributed by atoms with Crippen molar-refractivity contribution >= 4 is 23.3 Å². The number of primary amides is 1. The normalized spacial score (nSPS) is 11.2. The molecule has 2 N–H and O–H groups in total. The van der Waals surface area contributed by atoms with Gasteiger partial charge >= 0.3 is 0 Å². The van der Waals surface area contributed by atoms with Gasteiger partial charge in [0, 0.05) is 30.0 Å². The number of pyridine rings is 1. The van der Waals surface area contributed by atoms with Gasteiger partial charge in [-0.2, -0.15) is 0 Å². The molecule has 0 fully saturated rings. The smallest absolute Gasteiger partial charge is 0.270 e. The van der Waals surface area contributed by atoms with Crippen molar-refractivity contribution in [1.29, 1.82) is 0 Å². The summed E-state index contributed by atoms with van der Waals surface area (Å²) in [5, 5.41) is 11.0. The van der Waals surface area contributed by atoms with E-state index in [1.807, 2.05) is 29.7 Å². The van der Waals surface area contributed by atoms with Crippen LogP contribution < -0.4 is 5.73 Å². The molecule has 0 unspecified atom stereocenters. The van der Waals surface area contributed by atoms with Crippen molar-refractivity contribution < 1.29 is 9.72 Å². The molecule has 1 amide bonds. The molecule has 24 heavy (non-hydrogen) atoms. The Labute approximate surface area is 137 Å². The largest absolute Gasteiger partial charge is 0.366 e. The van der Waals surface area contributed by atoms with Crippen LogP contribution in [0.3, 0.4) is 0 Å². The highest BCUT2D eigenvalue weighted by Crippen LogP contribution is 2.28. The molecule has 2 heterocycles. The number of aromatic nitrogens is 2. The fourth-order valence-corrected chi connectivity index (χ4v) is 2.47. The Bertz CT molecular complexity index is 989. The summed E-state index contributed by atoms with van der Waals surface area (Å²) >= 11 is 0. The van der Waals surface area contributed by atoms with Crippen LogP contribution >= 0.6 is 0 Å². The van der Waals surface area contributed by atoms with Gasteiger partial charge in [0.1, 0.15) is 5.65 Å². The molecule has 0 saturated carbocycles. The van der Waals surface area contributed by atoms with Crippen LogP contribution in [0, 0.1) is 17.0 Å². The van der Waals surface area contributed by atoms with Gasteiger partial charge in [0.2, 0.25) is 5.91 Å². The Balaban J connectivity index is 2.27. The van der Waals surface area contributed by atoms with E-state index in [0.717, 1.165) is 5.56 Å². The van der Waals surface area contributed by atoms with Gasteiger partial charge in [-0.05, 0) is 24.6 Å².